The molecule has 0 spiro atoms. The zero-order valence-electron chi connectivity index (χ0n) is 10.8. The topological polar surface area (TPSA) is 104 Å². The number of aliphatic hydroxyl groups is 1. The van der Waals surface area contributed by atoms with Gasteiger partial charge in [-0.05, 0) is 30.3 Å². The van der Waals surface area contributed by atoms with E-state index in [4.69, 9.17) is 5.11 Å². The average molecular weight is 294 g/mol. The van der Waals surface area contributed by atoms with E-state index in [-0.39, 0.29) is 17.9 Å². The Balaban J connectivity index is 2.16. The summed E-state index contributed by atoms with van der Waals surface area (Å²) in [6.45, 7) is 1.92. The molecular formula is C12H14N4O3S. The van der Waals surface area contributed by atoms with Gasteiger partial charge in [0.15, 0.2) is 0 Å². The Morgan fingerprint density at radius 3 is 2.95 bits per heavy atom. The van der Waals surface area contributed by atoms with Gasteiger partial charge >= 0.3 is 0 Å². The minimum atomic E-state index is -0.421. The lowest BCUT2D eigenvalue weighted by Crippen LogP contribution is -2.23. The highest BCUT2D eigenvalue weighted by Crippen LogP contribution is 2.25. The Hall–Kier alpha value is -1.93. The molecule has 1 aromatic rings. The molecule has 7 nitrogen and oxygen atoms in total. The number of hydrogen-bond acceptors (Lipinski definition) is 7. The summed E-state index contributed by atoms with van der Waals surface area (Å²) in [5.41, 5.74) is 0.516. The van der Waals surface area contributed by atoms with Gasteiger partial charge < -0.3 is 10.4 Å². The quantitative estimate of drug-likeness (QED) is 0.695. The van der Waals surface area contributed by atoms with Crippen LogP contribution in [0.1, 0.15) is 19.0 Å². The van der Waals surface area contributed by atoms with Crippen molar-refractivity contribution in [2.24, 2.45) is 0 Å². The maximum atomic E-state index is 11.4. The fraction of sp³-hybridized carbons (Fsp3) is 0.333. The van der Waals surface area contributed by atoms with Crippen molar-refractivity contribution >= 4 is 34.9 Å². The van der Waals surface area contributed by atoms with E-state index in [2.05, 4.69) is 20.6 Å². The van der Waals surface area contributed by atoms with Gasteiger partial charge in [-0.2, -0.15) is 0 Å². The number of carbonyl (C=O) groups is 2. The normalized spacial score (nSPS) is 18.2. The van der Waals surface area contributed by atoms with Crippen LogP contribution in [0.2, 0.25) is 0 Å². The second-order valence-corrected chi connectivity index (χ2v) is 5.10. The van der Waals surface area contributed by atoms with Gasteiger partial charge in [0.25, 0.3) is 11.1 Å². The van der Waals surface area contributed by atoms with Gasteiger partial charge in [-0.15, -0.1) is 0 Å². The smallest absolute Gasteiger partial charge is 0.290 e. The molecule has 20 heavy (non-hydrogen) atoms. The standard InChI is InChI=1S/C12H14N4O3S/c1-2-7(6-17)14-11-13-4-3-8(15-11)5-9-10(18)16-12(19)20-9/h3-5,7,17H,2,6H2,1H3,(H,13,14,15)(H,16,18,19)/b9-5-/t7-/m0/s1. The van der Waals surface area contributed by atoms with Gasteiger partial charge in [-0.3, -0.25) is 14.9 Å². The number of thioether (sulfide) groups is 1. The average Bonchev–Trinajstić information content (AvgIpc) is 2.74. The number of carbonyl (C=O) groups excluding carboxylic acids is 2. The predicted molar refractivity (Wildman–Crippen MR) is 75.9 cm³/mol. The molecule has 106 valence electrons. The number of aliphatic hydroxyl groups excluding tert-OH is 1. The van der Waals surface area contributed by atoms with E-state index in [0.29, 0.717) is 16.5 Å². The van der Waals surface area contributed by atoms with Crippen LogP contribution < -0.4 is 10.6 Å². The van der Waals surface area contributed by atoms with Gasteiger partial charge in [0.2, 0.25) is 5.95 Å². The van der Waals surface area contributed by atoms with E-state index in [1.54, 1.807) is 12.3 Å². The van der Waals surface area contributed by atoms with Crippen molar-refractivity contribution in [1.82, 2.24) is 15.3 Å². The van der Waals surface area contributed by atoms with Crippen LogP contribution in [0.15, 0.2) is 17.2 Å². The molecule has 1 fully saturated rings. The van der Waals surface area contributed by atoms with Crippen LogP contribution in [-0.2, 0) is 4.79 Å². The Labute approximate surface area is 119 Å². The second kappa shape index (κ2) is 6.49. The van der Waals surface area contributed by atoms with Crippen LogP contribution in [0.5, 0.6) is 0 Å². The first-order valence-electron chi connectivity index (χ1n) is 6.07. The van der Waals surface area contributed by atoms with E-state index < -0.39 is 5.91 Å². The molecule has 2 rings (SSSR count). The molecular weight excluding hydrogens is 280 g/mol. The van der Waals surface area contributed by atoms with E-state index >= 15 is 0 Å². The van der Waals surface area contributed by atoms with Gasteiger partial charge in [-0.1, -0.05) is 6.92 Å². The van der Waals surface area contributed by atoms with Crippen molar-refractivity contribution in [3.05, 3.63) is 22.9 Å². The zero-order chi connectivity index (χ0) is 14.5. The molecule has 0 unspecified atom stereocenters. The molecule has 0 aromatic carbocycles. The third-order valence-electron chi connectivity index (χ3n) is 2.64. The van der Waals surface area contributed by atoms with Gasteiger partial charge in [-0.25, -0.2) is 9.97 Å². The number of amides is 2. The third kappa shape index (κ3) is 3.55. The lowest BCUT2D eigenvalue weighted by molar-refractivity contribution is -0.115. The molecule has 1 saturated heterocycles. The number of imide groups is 1. The molecule has 0 radical (unpaired) electrons. The van der Waals surface area contributed by atoms with E-state index in [0.717, 1.165) is 18.2 Å². The SMILES string of the molecule is CC[C@@H](CO)Nc1nccc(/C=C2\SC(=O)NC2=O)n1. The first-order chi connectivity index (χ1) is 9.62. The lowest BCUT2D eigenvalue weighted by atomic mass is 10.2. The van der Waals surface area contributed by atoms with Crippen molar-refractivity contribution in [2.75, 3.05) is 11.9 Å². The highest BCUT2D eigenvalue weighted by atomic mass is 32.2. The summed E-state index contributed by atoms with van der Waals surface area (Å²) in [6, 6.07) is 1.51. The molecule has 2 amide bonds. The van der Waals surface area contributed by atoms with Crippen LogP contribution >= 0.6 is 11.8 Å². The summed E-state index contributed by atoms with van der Waals surface area (Å²) < 4.78 is 0. The van der Waals surface area contributed by atoms with Crippen molar-refractivity contribution in [3.8, 4) is 0 Å². The van der Waals surface area contributed by atoms with Crippen molar-refractivity contribution < 1.29 is 14.7 Å². The maximum Gasteiger partial charge on any atom is 0.290 e. The highest BCUT2D eigenvalue weighted by Gasteiger charge is 2.25. The molecule has 0 bridgehead atoms. The monoisotopic (exact) mass is 294 g/mol. The molecule has 1 atom stereocenters. The first-order valence-corrected chi connectivity index (χ1v) is 6.89. The fourth-order valence-electron chi connectivity index (χ4n) is 1.54. The molecule has 8 heteroatoms. The van der Waals surface area contributed by atoms with Crippen LogP contribution in [0.25, 0.3) is 6.08 Å². The zero-order valence-corrected chi connectivity index (χ0v) is 11.6. The lowest BCUT2D eigenvalue weighted by Gasteiger charge is -2.13. The summed E-state index contributed by atoms with van der Waals surface area (Å²) in [5, 5.41) is 13.9. The summed E-state index contributed by atoms with van der Waals surface area (Å²) in [5.74, 6) is -0.0510. The Bertz CT molecular complexity index is 557. The Morgan fingerprint density at radius 1 is 1.55 bits per heavy atom. The predicted octanol–water partition coefficient (Wildman–Crippen LogP) is 0.983. The first kappa shape index (κ1) is 14.5. The number of rotatable bonds is 5. The summed E-state index contributed by atoms with van der Waals surface area (Å²) in [4.78, 5) is 31.1. The molecule has 0 saturated carbocycles. The Kier molecular flexibility index (Phi) is 4.70. The van der Waals surface area contributed by atoms with Crippen LogP contribution in [0.4, 0.5) is 10.7 Å². The van der Waals surface area contributed by atoms with Crippen LogP contribution in [0, 0.1) is 0 Å². The van der Waals surface area contributed by atoms with Crippen LogP contribution in [-0.4, -0.2) is 38.9 Å². The largest absolute Gasteiger partial charge is 0.394 e. The maximum absolute atomic E-state index is 11.4. The van der Waals surface area contributed by atoms with Crippen LogP contribution in [0.3, 0.4) is 0 Å². The molecule has 1 aliphatic heterocycles. The number of hydrogen-bond donors (Lipinski definition) is 3. The third-order valence-corrected chi connectivity index (χ3v) is 3.46. The molecule has 3 N–H and O–H groups in total. The fourth-order valence-corrected chi connectivity index (χ4v) is 2.20. The number of nitrogens with zero attached hydrogens (tertiary/aromatic N) is 2. The van der Waals surface area contributed by atoms with E-state index in [9.17, 15) is 9.59 Å². The number of anilines is 1. The van der Waals surface area contributed by atoms with Crippen molar-refractivity contribution in [3.63, 3.8) is 0 Å². The molecule has 0 aliphatic carbocycles. The van der Waals surface area contributed by atoms with Crippen molar-refractivity contribution in [2.45, 2.75) is 19.4 Å². The van der Waals surface area contributed by atoms with Gasteiger partial charge in [0.1, 0.15) is 0 Å². The molecule has 1 aromatic heterocycles. The van der Waals surface area contributed by atoms with E-state index in [1.165, 1.54) is 6.08 Å². The highest BCUT2D eigenvalue weighted by molar-refractivity contribution is 8.18. The van der Waals surface area contributed by atoms with E-state index in [1.807, 2.05) is 6.92 Å². The summed E-state index contributed by atoms with van der Waals surface area (Å²) in [7, 11) is 0. The number of nitrogens with one attached hydrogen (secondary N) is 2. The second-order valence-electron chi connectivity index (χ2n) is 4.09. The minimum absolute atomic E-state index is 0.0159. The molecule has 1 aliphatic rings. The van der Waals surface area contributed by atoms with Gasteiger partial charge in [0, 0.05) is 6.20 Å². The Morgan fingerprint density at radius 2 is 2.35 bits per heavy atom. The summed E-state index contributed by atoms with van der Waals surface area (Å²) >= 11 is 0.838. The summed E-state index contributed by atoms with van der Waals surface area (Å²) in [6.07, 6.45) is 3.81. The van der Waals surface area contributed by atoms with Gasteiger partial charge in [0.05, 0.1) is 23.2 Å². The number of aromatic nitrogens is 2. The van der Waals surface area contributed by atoms with Crippen molar-refractivity contribution in [1.29, 1.82) is 0 Å². The minimum Gasteiger partial charge on any atom is -0.394 e. The molecule has 2 heterocycles.